The van der Waals surface area contributed by atoms with Crippen LogP contribution in [-0.2, 0) is 15.4 Å². The van der Waals surface area contributed by atoms with E-state index < -0.39 is 21.4 Å². The zero-order valence-corrected chi connectivity index (χ0v) is 24.2. The smallest absolute Gasteiger partial charge is 0.270 e. The summed E-state index contributed by atoms with van der Waals surface area (Å²) in [7, 11) is -3.32. The molecule has 3 heterocycles. The van der Waals surface area contributed by atoms with Crippen molar-refractivity contribution in [3.05, 3.63) is 76.2 Å². The topological polar surface area (TPSA) is 130 Å². The maximum Gasteiger partial charge on any atom is 0.270 e. The van der Waals surface area contributed by atoms with Gasteiger partial charge in [-0.3, -0.25) is 14.0 Å². The van der Waals surface area contributed by atoms with Crippen molar-refractivity contribution < 1.29 is 23.1 Å². The predicted molar refractivity (Wildman–Crippen MR) is 154 cm³/mol. The molecule has 0 bridgehead atoms. The van der Waals surface area contributed by atoms with Crippen LogP contribution in [0.1, 0.15) is 59.5 Å². The highest BCUT2D eigenvalue weighted by Gasteiger charge is 2.46. The van der Waals surface area contributed by atoms with Crippen molar-refractivity contribution in [3.8, 4) is 11.3 Å². The molecule has 3 N–H and O–H groups in total. The number of nitrogens with one attached hydrogen (secondary N) is 2. The molecule has 1 fully saturated rings. The first kappa shape index (κ1) is 28.0. The van der Waals surface area contributed by atoms with Gasteiger partial charge in [-0.25, -0.2) is 13.4 Å². The van der Waals surface area contributed by atoms with Crippen LogP contribution in [0.25, 0.3) is 16.9 Å². The number of aromatic nitrogens is 2. The molecule has 1 atom stereocenters. The van der Waals surface area contributed by atoms with E-state index in [4.69, 9.17) is 4.98 Å². The minimum atomic E-state index is -3.32. The third kappa shape index (κ3) is 5.54. The summed E-state index contributed by atoms with van der Waals surface area (Å²) in [5.41, 5.74) is 2.42. The van der Waals surface area contributed by atoms with Crippen molar-refractivity contribution in [1.82, 2.24) is 20.0 Å². The van der Waals surface area contributed by atoms with Crippen LogP contribution in [0.5, 0.6) is 0 Å². The molecule has 0 aliphatic heterocycles. The van der Waals surface area contributed by atoms with E-state index in [0.29, 0.717) is 29.0 Å². The van der Waals surface area contributed by atoms with Crippen LogP contribution in [-0.4, -0.2) is 53.6 Å². The number of benzene rings is 1. The van der Waals surface area contributed by atoms with Crippen molar-refractivity contribution >= 4 is 38.6 Å². The second-order valence-corrected chi connectivity index (χ2v) is 13.5. The summed E-state index contributed by atoms with van der Waals surface area (Å²) in [4.78, 5) is 32.2. The molecule has 1 aliphatic rings. The number of pyridine rings is 1. The number of imidazole rings is 1. The number of thiophene rings is 1. The van der Waals surface area contributed by atoms with Crippen molar-refractivity contribution in [2.75, 3.05) is 12.9 Å². The third-order valence-corrected chi connectivity index (χ3v) is 8.97. The Balaban J connectivity index is 1.50. The van der Waals surface area contributed by atoms with Gasteiger partial charge in [0.1, 0.15) is 11.4 Å². The molecule has 3 aromatic heterocycles. The second-order valence-electron chi connectivity index (χ2n) is 10.8. The van der Waals surface area contributed by atoms with Gasteiger partial charge in [0.2, 0.25) is 0 Å². The van der Waals surface area contributed by atoms with Gasteiger partial charge in [-0.1, -0.05) is 26.0 Å². The maximum absolute atomic E-state index is 13.6. The Hall–Kier alpha value is -3.54. The molecule has 210 valence electrons. The number of sulfone groups is 1. The van der Waals surface area contributed by atoms with Gasteiger partial charge in [-0.05, 0) is 66.5 Å². The Morgan fingerprint density at radius 2 is 1.85 bits per heavy atom. The van der Waals surface area contributed by atoms with Crippen LogP contribution in [0, 0.1) is 5.92 Å². The first-order valence-corrected chi connectivity index (χ1v) is 15.9. The number of carbonyl (C=O) groups is 2. The predicted octanol–water partition coefficient (Wildman–Crippen LogP) is 4.02. The molecular weight excluding hydrogens is 548 g/mol. The van der Waals surface area contributed by atoms with Crippen molar-refractivity contribution in [3.63, 3.8) is 0 Å². The molecular formula is C29H32N4O5S2. The van der Waals surface area contributed by atoms with E-state index in [1.165, 1.54) is 11.3 Å². The molecule has 0 spiro atoms. The lowest BCUT2D eigenvalue weighted by atomic mass is 10.0. The van der Waals surface area contributed by atoms with E-state index in [1.807, 2.05) is 30.7 Å². The van der Waals surface area contributed by atoms with Gasteiger partial charge in [0.15, 0.2) is 15.5 Å². The van der Waals surface area contributed by atoms with Gasteiger partial charge in [0.05, 0.1) is 28.6 Å². The van der Waals surface area contributed by atoms with Crippen molar-refractivity contribution in [2.24, 2.45) is 5.92 Å². The molecule has 1 saturated carbocycles. The SMILES string of the molecule is CC(C)C[C@@H](CO)NC(=O)c1c(-c2ccsc2)nc2c(C(=O)NC3(c4ccc(S(C)(=O)=O)cc4)CC3)cccn12. The van der Waals surface area contributed by atoms with Crippen LogP contribution in [0.4, 0.5) is 0 Å². The Morgan fingerprint density at radius 3 is 2.42 bits per heavy atom. The minimum absolute atomic E-state index is 0.185. The first-order valence-electron chi connectivity index (χ1n) is 13.1. The molecule has 2 amide bonds. The molecule has 9 nitrogen and oxygen atoms in total. The number of hydrogen-bond acceptors (Lipinski definition) is 7. The summed E-state index contributed by atoms with van der Waals surface area (Å²) >= 11 is 1.48. The number of fused-ring (bicyclic) bond motifs is 1. The molecule has 4 aromatic rings. The second kappa shape index (κ2) is 10.8. The Labute approximate surface area is 237 Å². The summed E-state index contributed by atoms with van der Waals surface area (Å²) in [6, 6.07) is 11.4. The Kier molecular flexibility index (Phi) is 7.56. The number of aliphatic hydroxyl groups is 1. The van der Waals surface area contributed by atoms with E-state index in [1.54, 1.807) is 47.0 Å². The van der Waals surface area contributed by atoms with E-state index >= 15 is 0 Å². The monoisotopic (exact) mass is 580 g/mol. The average molecular weight is 581 g/mol. The molecule has 11 heteroatoms. The molecule has 1 aromatic carbocycles. The van der Waals surface area contributed by atoms with Crippen LogP contribution < -0.4 is 10.6 Å². The normalized spacial score (nSPS) is 15.2. The Bertz CT molecular complexity index is 1650. The van der Waals surface area contributed by atoms with E-state index in [0.717, 1.165) is 30.2 Å². The van der Waals surface area contributed by atoms with Gasteiger partial charge < -0.3 is 15.7 Å². The molecule has 0 unspecified atom stereocenters. The fraction of sp³-hybridized carbons (Fsp3) is 0.345. The van der Waals surface area contributed by atoms with E-state index in [-0.39, 0.29) is 29.2 Å². The lowest BCUT2D eigenvalue weighted by Gasteiger charge is -2.19. The average Bonchev–Trinajstić information content (AvgIpc) is 3.31. The number of aliphatic hydroxyl groups excluding tert-OH is 1. The summed E-state index contributed by atoms with van der Waals surface area (Å²) in [5, 5.41) is 19.7. The van der Waals surface area contributed by atoms with Gasteiger partial charge in [-0.2, -0.15) is 11.3 Å². The quantitative estimate of drug-likeness (QED) is 0.260. The molecule has 0 saturated heterocycles. The lowest BCUT2D eigenvalue weighted by molar-refractivity contribution is 0.0899. The number of amides is 2. The summed E-state index contributed by atoms with van der Waals surface area (Å²) in [5.74, 6) is -0.434. The van der Waals surface area contributed by atoms with Crippen molar-refractivity contribution in [2.45, 2.75) is 49.6 Å². The zero-order chi connectivity index (χ0) is 28.7. The molecule has 0 radical (unpaired) electrons. The van der Waals surface area contributed by atoms with Gasteiger partial charge in [0, 0.05) is 23.4 Å². The summed E-state index contributed by atoms with van der Waals surface area (Å²) < 4.78 is 25.4. The standard InChI is InChI=1S/C29H32N4O5S2/c1-18(2)15-21(16-34)30-28(36)25-24(19-10-14-39-17-19)31-26-23(5-4-13-33(25)26)27(35)32-29(11-12-29)20-6-8-22(9-7-20)40(3,37)38/h4-10,13-14,17-18,21,34H,11-12,15-16H2,1-3H3,(H,30,36)(H,32,35)/t21-/m0/s1. The van der Waals surface area contributed by atoms with E-state index in [2.05, 4.69) is 10.6 Å². The zero-order valence-electron chi connectivity index (χ0n) is 22.5. The number of hydrogen-bond donors (Lipinski definition) is 3. The summed E-state index contributed by atoms with van der Waals surface area (Å²) in [6.45, 7) is 3.87. The summed E-state index contributed by atoms with van der Waals surface area (Å²) in [6.07, 6.45) is 4.93. The number of nitrogens with zero attached hydrogens (tertiary/aromatic N) is 2. The molecule has 1 aliphatic carbocycles. The lowest BCUT2D eigenvalue weighted by Crippen LogP contribution is -2.39. The van der Waals surface area contributed by atoms with Crippen LogP contribution >= 0.6 is 11.3 Å². The maximum atomic E-state index is 13.6. The van der Waals surface area contributed by atoms with Crippen LogP contribution in [0.3, 0.4) is 0 Å². The highest BCUT2D eigenvalue weighted by Crippen LogP contribution is 2.46. The minimum Gasteiger partial charge on any atom is -0.394 e. The van der Waals surface area contributed by atoms with Crippen molar-refractivity contribution in [1.29, 1.82) is 0 Å². The van der Waals surface area contributed by atoms with Crippen LogP contribution in [0.15, 0.2) is 64.3 Å². The first-order chi connectivity index (χ1) is 19.0. The largest absolute Gasteiger partial charge is 0.394 e. The number of rotatable bonds is 10. The fourth-order valence-electron chi connectivity index (χ4n) is 4.98. The fourth-order valence-corrected chi connectivity index (χ4v) is 6.25. The highest BCUT2D eigenvalue weighted by atomic mass is 32.2. The highest BCUT2D eigenvalue weighted by molar-refractivity contribution is 7.90. The van der Waals surface area contributed by atoms with Gasteiger partial charge >= 0.3 is 0 Å². The van der Waals surface area contributed by atoms with Gasteiger partial charge in [-0.15, -0.1) is 0 Å². The molecule has 5 rings (SSSR count). The number of carbonyl (C=O) groups excluding carboxylic acids is 2. The van der Waals surface area contributed by atoms with Crippen LogP contribution in [0.2, 0.25) is 0 Å². The van der Waals surface area contributed by atoms with E-state index in [9.17, 15) is 23.1 Å². The molecule has 40 heavy (non-hydrogen) atoms. The van der Waals surface area contributed by atoms with Gasteiger partial charge in [0.25, 0.3) is 11.8 Å². The third-order valence-electron chi connectivity index (χ3n) is 7.15. The Morgan fingerprint density at radius 1 is 1.12 bits per heavy atom.